The number of H-pyrrole nitrogens is 1. The number of rotatable bonds is 6. The molecule has 1 heterocycles. The number of aliphatic imine (C=N–C) groups is 1. The van der Waals surface area contributed by atoms with E-state index < -0.39 is 0 Å². The average molecular weight is 496 g/mol. The van der Waals surface area contributed by atoms with Gasteiger partial charge in [0.15, 0.2) is 5.96 Å². The number of halogens is 2. The van der Waals surface area contributed by atoms with Crippen molar-refractivity contribution >= 4 is 40.8 Å². The third kappa shape index (κ3) is 5.37. The summed E-state index contributed by atoms with van der Waals surface area (Å²) in [6.07, 6.45) is 2.75. The van der Waals surface area contributed by atoms with Gasteiger partial charge in [-0.2, -0.15) is 0 Å². The molecule has 150 valence electrons. The zero-order valence-electron chi connectivity index (χ0n) is 16.3. The van der Waals surface area contributed by atoms with Crippen molar-refractivity contribution in [3.8, 4) is 5.75 Å². The van der Waals surface area contributed by atoms with Gasteiger partial charge in [-0.15, -0.1) is 24.0 Å². The lowest BCUT2D eigenvalue weighted by Gasteiger charge is -2.13. The fourth-order valence-corrected chi connectivity index (χ4v) is 3.14. The van der Waals surface area contributed by atoms with Crippen LogP contribution in [0, 0.1) is 12.7 Å². The molecular formula is C21H26FIN4O. The summed E-state index contributed by atoms with van der Waals surface area (Å²) in [5, 5.41) is 7.68. The van der Waals surface area contributed by atoms with Crippen LogP contribution in [0.4, 0.5) is 4.39 Å². The Labute approximate surface area is 181 Å². The van der Waals surface area contributed by atoms with E-state index >= 15 is 0 Å². The zero-order valence-corrected chi connectivity index (χ0v) is 18.6. The summed E-state index contributed by atoms with van der Waals surface area (Å²) in [4.78, 5) is 7.38. The summed E-state index contributed by atoms with van der Waals surface area (Å²) in [6.45, 7) is 3.44. The summed E-state index contributed by atoms with van der Waals surface area (Å²) < 4.78 is 18.6. The second-order valence-corrected chi connectivity index (χ2v) is 6.41. The first kappa shape index (κ1) is 22.0. The maximum Gasteiger partial charge on any atom is 0.191 e. The molecule has 2 aromatic carbocycles. The molecule has 3 aromatic rings. The molecule has 28 heavy (non-hydrogen) atoms. The van der Waals surface area contributed by atoms with Crippen LogP contribution in [0.5, 0.6) is 5.75 Å². The molecule has 0 spiro atoms. The number of nitrogens with one attached hydrogen (secondary N) is 3. The first-order valence-corrected chi connectivity index (χ1v) is 8.94. The number of benzene rings is 2. The van der Waals surface area contributed by atoms with Crippen LogP contribution in [-0.4, -0.2) is 31.6 Å². The van der Waals surface area contributed by atoms with Crippen LogP contribution in [0.25, 0.3) is 10.9 Å². The Morgan fingerprint density at radius 3 is 2.71 bits per heavy atom. The molecule has 0 aliphatic rings. The lowest BCUT2D eigenvalue weighted by atomic mass is 10.1. The van der Waals surface area contributed by atoms with Gasteiger partial charge in [0.1, 0.15) is 11.6 Å². The highest BCUT2D eigenvalue weighted by atomic mass is 127. The van der Waals surface area contributed by atoms with Gasteiger partial charge >= 0.3 is 0 Å². The number of guanidine groups is 1. The Morgan fingerprint density at radius 1 is 1.18 bits per heavy atom. The smallest absolute Gasteiger partial charge is 0.191 e. The van der Waals surface area contributed by atoms with E-state index in [1.807, 2.05) is 31.3 Å². The number of aromatic amines is 1. The number of ether oxygens (including phenoxy) is 1. The van der Waals surface area contributed by atoms with E-state index in [-0.39, 0.29) is 29.8 Å². The van der Waals surface area contributed by atoms with Crippen molar-refractivity contribution in [2.24, 2.45) is 4.99 Å². The summed E-state index contributed by atoms with van der Waals surface area (Å²) in [5.41, 5.74) is 4.24. The van der Waals surface area contributed by atoms with Crippen LogP contribution in [0.1, 0.15) is 16.7 Å². The van der Waals surface area contributed by atoms with Crippen molar-refractivity contribution in [1.82, 2.24) is 15.6 Å². The minimum atomic E-state index is -0.229. The van der Waals surface area contributed by atoms with Gasteiger partial charge in [0.2, 0.25) is 0 Å². The van der Waals surface area contributed by atoms with E-state index in [0.717, 1.165) is 52.3 Å². The summed E-state index contributed by atoms with van der Waals surface area (Å²) in [5.74, 6) is 1.40. The van der Waals surface area contributed by atoms with Crippen LogP contribution in [-0.2, 0) is 13.0 Å². The van der Waals surface area contributed by atoms with Crippen molar-refractivity contribution in [2.45, 2.75) is 19.9 Å². The molecule has 0 saturated carbocycles. The first-order valence-electron chi connectivity index (χ1n) is 8.94. The third-order valence-electron chi connectivity index (χ3n) is 4.56. The SMILES string of the molecule is CN=C(NCCc1c[nH]c2cc(F)ccc12)NCc1ccc(OC)c(C)c1.I. The minimum Gasteiger partial charge on any atom is -0.496 e. The molecule has 0 amide bonds. The molecule has 5 nitrogen and oxygen atoms in total. The molecule has 7 heteroatoms. The van der Waals surface area contributed by atoms with Crippen LogP contribution in [0.2, 0.25) is 0 Å². The quantitative estimate of drug-likeness (QED) is 0.273. The van der Waals surface area contributed by atoms with Gasteiger partial charge in [-0.3, -0.25) is 4.99 Å². The molecule has 0 atom stereocenters. The number of aromatic nitrogens is 1. The Bertz CT molecular complexity index is 955. The standard InChI is InChI=1S/C21H25FN4O.HI/c1-14-10-15(4-7-20(14)27-3)12-26-21(23-2)24-9-8-16-13-25-19-11-17(22)5-6-18(16)19;/h4-7,10-11,13,25H,8-9,12H2,1-3H3,(H2,23,24,26);1H. The molecule has 0 saturated heterocycles. The maximum absolute atomic E-state index is 13.3. The highest BCUT2D eigenvalue weighted by molar-refractivity contribution is 14.0. The fourth-order valence-electron chi connectivity index (χ4n) is 3.14. The number of hydrogen-bond donors (Lipinski definition) is 3. The van der Waals surface area contributed by atoms with Crippen molar-refractivity contribution in [3.05, 3.63) is 65.1 Å². The van der Waals surface area contributed by atoms with Crippen LogP contribution < -0.4 is 15.4 Å². The van der Waals surface area contributed by atoms with E-state index in [0.29, 0.717) is 6.54 Å². The van der Waals surface area contributed by atoms with Gasteiger partial charge in [0, 0.05) is 37.2 Å². The van der Waals surface area contributed by atoms with Gasteiger partial charge in [-0.05, 0) is 54.3 Å². The number of fused-ring (bicyclic) bond motifs is 1. The predicted molar refractivity (Wildman–Crippen MR) is 123 cm³/mol. The molecule has 0 unspecified atom stereocenters. The van der Waals surface area contributed by atoms with E-state index in [9.17, 15) is 4.39 Å². The molecule has 1 aromatic heterocycles. The van der Waals surface area contributed by atoms with Gasteiger partial charge in [-0.1, -0.05) is 12.1 Å². The largest absolute Gasteiger partial charge is 0.496 e. The van der Waals surface area contributed by atoms with Crippen molar-refractivity contribution in [3.63, 3.8) is 0 Å². The topological polar surface area (TPSA) is 61.4 Å². The molecule has 3 rings (SSSR count). The van der Waals surface area contributed by atoms with E-state index in [1.54, 1.807) is 14.2 Å². The molecule has 0 radical (unpaired) electrons. The zero-order chi connectivity index (χ0) is 19.2. The molecule has 3 N–H and O–H groups in total. The van der Waals surface area contributed by atoms with Gasteiger partial charge in [0.25, 0.3) is 0 Å². The Kier molecular flexibility index (Phi) is 8.10. The summed E-state index contributed by atoms with van der Waals surface area (Å²) in [7, 11) is 3.43. The van der Waals surface area contributed by atoms with Crippen molar-refractivity contribution in [1.29, 1.82) is 0 Å². The normalized spacial score (nSPS) is 11.2. The average Bonchev–Trinajstić information content (AvgIpc) is 3.06. The van der Waals surface area contributed by atoms with Gasteiger partial charge in [-0.25, -0.2) is 4.39 Å². The highest BCUT2D eigenvalue weighted by Crippen LogP contribution is 2.20. The van der Waals surface area contributed by atoms with Crippen LogP contribution in [0.3, 0.4) is 0 Å². The Balaban J connectivity index is 0.00000280. The summed E-state index contributed by atoms with van der Waals surface area (Å²) >= 11 is 0. The Hall–Kier alpha value is -2.29. The van der Waals surface area contributed by atoms with E-state index in [1.165, 1.54) is 12.1 Å². The first-order chi connectivity index (χ1) is 13.1. The highest BCUT2D eigenvalue weighted by Gasteiger charge is 2.06. The van der Waals surface area contributed by atoms with Crippen LogP contribution in [0.15, 0.2) is 47.6 Å². The predicted octanol–water partition coefficient (Wildman–Crippen LogP) is 4.15. The van der Waals surface area contributed by atoms with E-state index in [4.69, 9.17) is 4.74 Å². The number of methoxy groups -OCH3 is 1. The fraction of sp³-hybridized carbons (Fsp3) is 0.286. The van der Waals surface area contributed by atoms with Gasteiger partial charge in [0.05, 0.1) is 7.11 Å². The van der Waals surface area contributed by atoms with Crippen molar-refractivity contribution < 1.29 is 9.13 Å². The second-order valence-electron chi connectivity index (χ2n) is 6.41. The monoisotopic (exact) mass is 496 g/mol. The summed E-state index contributed by atoms with van der Waals surface area (Å²) in [6, 6.07) is 10.9. The number of aryl methyl sites for hydroxylation is 1. The maximum atomic E-state index is 13.3. The molecule has 0 aliphatic carbocycles. The number of hydrogen-bond acceptors (Lipinski definition) is 2. The lowest BCUT2D eigenvalue weighted by molar-refractivity contribution is 0.411. The second kappa shape index (κ2) is 10.3. The molecular weight excluding hydrogens is 470 g/mol. The lowest BCUT2D eigenvalue weighted by Crippen LogP contribution is -2.37. The Morgan fingerprint density at radius 2 is 2.00 bits per heavy atom. The molecule has 0 bridgehead atoms. The van der Waals surface area contributed by atoms with E-state index in [2.05, 4.69) is 26.7 Å². The number of nitrogens with zero attached hydrogens (tertiary/aromatic N) is 1. The molecule has 0 aliphatic heterocycles. The van der Waals surface area contributed by atoms with Crippen molar-refractivity contribution in [2.75, 3.05) is 20.7 Å². The van der Waals surface area contributed by atoms with Gasteiger partial charge < -0.3 is 20.4 Å². The van der Waals surface area contributed by atoms with Crippen LogP contribution >= 0.6 is 24.0 Å². The molecule has 0 fully saturated rings. The third-order valence-corrected chi connectivity index (χ3v) is 4.56. The minimum absolute atomic E-state index is 0.